The Balaban J connectivity index is 1.88. The number of hydrogen-bond acceptors (Lipinski definition) is 3. The van der Waals surface area contributed by atoms with Crippen LogP contribution in [0.4, 0.5) is 0 Å². The molecule has 0 saturated carbocycles. The van der Waals surface area contributed by atoms with E-state index in [0.29, 0.717) is 12.1 Å². The SMILES string of the molecule is CSc1ccccc1CCNC(=O)c1ccncc1. The molecule has 0 aliphatic heterocycles. The fourth-order valence-corrected chi connectivity index (χ4v) is 2.47. The van der Waals surface area contributed by atoms with E-state index in [4.69, 9.17) is 0 Å². The van der Waals surface area contributed by atoms with Crippen LogP contribution in [0.25, 0.3) is 0 Å². The van der Waals surface area contributed by atoms with Crippen molar-refractivity contribution in [2.75, 3.05) is 12.8 Å². The van der Waals surface area contributed by atoms with E-state index >= 15 is 0 Å². The van der Waals surface area contributed by atoms with Crippen LogP contribution < -0.4 is 5.32 Å². The van der Waals surface area contributed by atoms with E-state index in [2.05, 4.69) is 28.7 Å². The third kappa shape index (κ3) is 3.83. The summed E-state index contributed by atoms with van der Waals surface area (Å²) in [5.41, 5.74) is 1.91. The second-order valence-electron chi connectivity index (χ2n) is 4.05. The van der Waals surface area contributed by atoms with Crippen molar-refractivity contribution in [2.45, 2.75) is 11.3 Å². The first-order valence-electron chi connectivity index (χ1n) is 6.11. The fraction of sp³-hybridized carbons (Fsp3) is 0.200. The van der Waals surface area contributed by atoms with Crippen LogP contribution in [-0.2, 0) is 6.42 Å². The van der Waals surface area contributed by atoms with Gasteiger partial charge < -0.3 is 5.32 Å². The largest absolute Gasteiger partial charge is 0.352 e. The van der Waals surface area contributed by atoms with Crippen LogP contribution in [0, 0.1) is 0 Å². The van der Waals surface area contributed by atoms with Gasteiger partial charge in [0.15, 0.2) is 0 Å². The van der Waals surface area contributed by atoms with E-state index in [-0.39, 0.29) is 5.91 Å². The number of hydrogen-bond donors (Lipinski definition) is 1. The lowest BCUT2D eigenvalue weighted by atomic mass is 10.1. The molecule has 98 valence electrons. The summed E-state index contributed by atoms with van der Waals surface area (Å²) in [7, 11) is 0. The quantitative estimate of drug-likeness (QED) is 0.851. The highest BCUT2D eigenvalue weighted by Gasteiger charge is 2.05. The van der Waals surface area contributed by atoms with Crippen molar-refractivity contribution in [3.63, 3.8) is 0 Å². The summed E-state index contributed by atoms with van der Waals surface area (Å²) < 4.78 is 0. The smallest absolute Gasteiger partial charge is 0.251 e. The molecule has 19 heavy (non-hydrogen) atoms. The van der Waals surface area contributed by atoms with Crippen LogP contribution in [0.1, 0.15) is 15.9 Å². The first-order valence-corrected chi connectivity index (χ1v) is 7.34. The third-order valence-electron chi connectivity index (χ3n) is 2.81. The molecule has 1 heterocycles. The maximum absolute atomic E-state index is 11.8. The van der Waals surface area contributed by atoms with E-state index < -0.39 is 0 Å². The molecule has 1 aromatic carbocycles. The van der Waals surface area contributed by atoms with Gasteiger partial charge in [-0.05, 0) is 36.4 Å². The summed E-state index contributed by atoms with van der Waals surface area (Å²) in [6.45, 7) is 0.638. The van der Waals surface area contributed by atoms with Crippen molar-refractivity contribution < 1.29 is 4.79 Å². The van der Waals surface area contributed by atoms with Crippen molar-refractivity contribution in [1.82, 2.24) is 10.3 Å². The Labute approximate surface area is 117 Å². The minimum Gasteiger partial charge on any atom is -0.352 e. The van der Waals surface area contributed by atoms with Gasteiger partial charge in [-0.3, -0.25) is 9.78 Å². The highest BCUT2D eigenvalue weighted by atomic mass is 32.2. The maximum Gasteiger partial charge on any atom is 0.251 e. The first kappa shape index (κ1) is 13.6. The van der Waals surface area contributed by atoms with Gasteiger partial charge in [0.2, 0.25) is 0 Å². The van der Waals surface area contributed by atoms with Gasteiger partial charge in [0, 0.05) is 29.4 Å². The number of carbonyl (C=O) groups excluding carboxylic acids is 1. The number of carbonyl (C=O) groups is 1. The molecule has 0 aliphatic carbocycles. The van der Waals surface area contributed by atoms with E-state index in [9.17, 15) is 4.79 Å². The molecule has 2 rings (SSSR count). The van der Waals surface area contributed by atoms with Crippen LogP contribution in [0.15, 0.2) is 53.7 Å². The molecule has 2 aromatic rings. The predicted molar refractivity (Wildman–Crippen MR) is 78.5 cm³/mol. The molecule has 3 nitrogen and oxygen atoms in total. The Hall–Kier alpha value is -1.81. The minimum absolute atomic E-state index is 0.0518. The Morgan fingerprint density at radius 2 is 1.95 bits per heavy atom. The molecule has 0 radical (unpaired) electrons. The second kappa shape index (κ2) is 6.95. The summed E-state index contributed by atoms with van der Waals surface area (Å²) in [6, 6.07) is 11.7. The lowest BCUT2D eigenvalue weighted by Gasteiger charge is -2.08. The van der Waals surface area contributed by atoms with Gasteiger partial charge >= 0.3 is 0 Å². The average Bonchev–Trinajstić information content (AvgIpc) is 2.48. The van der Waals surface area contributed by atoms with Gasteiger partial charge in [-0.25, -0.2) is 0 Å². The lowest BCUT2D eigenvalue weighted by molar-refractivity contribution is 0.0954. The van der Waals surface area contributed by atoms with Crippen molar-refractivity contribution in [3.8, 4) is 0 Å². The lowest BCUT2D eigenvalue weighted by Crippen LogP contribution is -2.25. The topological polar surface area (TPSA) is 42.0 Å². The third-order valence-corrected chi connectivity index (χ3v) is 3.65. The minimum atomic E-state index is -0.0518. The molecule has 1 N–H and O–H groups in total. The number of rotatable bonds is 5. The Morgan fingerprint density at radius 1 is 1.21 bits per heavy atom. The molecule has 0 spiro atoms. The zero-order valence-corrected chi connectivity index (χ0v) is 11.6. The van der Waals surface area contributed by atoms with E-state index in [0.717, 1.165) is 6.42 Å². The Morgan fingerprint density at radius 3 is 2.68 bits per heavy atom. The number of nitrogens with zero attached hydrogens (tertiary/aromatic N) is 1. The normalized spacial score (nSPS) is 10.2. The first-order chi connectivity index (χ1) is 9.31. The zero-order chi connectivity index (χ0) is 13.5. The molecular weight excluding hydrogens is 256 g/mol. The standard InChI is InChI=1S/C15H16N2OS/c1-19-14-5-3-2-4-12(14)8-11-17-15(18)13-6-9-16-10-7-13/h2-7,9-10H,8,11H2,1H3,(H,17,18). The van der Waals surface area contributed by atoms with Crippen LogP contribution in [-0.4, -0.2) is 23.7 Å². The van der Waals surface area contributed by atoms with Gasteiger partial charge in [-0.1, -0.05) is 18.2 Å². The monoisotopic (exact) mass is 272 g/mol. The molecule has 1 amide bonds. The number of amides is 1. The van der Waals surface area contributed by atoms with Gasteiger partial charge in [0.1, 0.15) is 0 Å². The summed E-state index contributed by atoms with van der Waals surface area (Å²) in [6.07, 6.45) is 6.15. The van der Waals surface area contributed by atoms with E-state index in [1.54, 1.807) is 36.3 Å². The predicted octanol–water partition coefficient (Wildman–Crippen LogP) is 2.78. The molecule has 0 saturated heterocycles. The summed E-state index contributed by atoms with van der Waals surface area (Å²) >= 11 is 1.73. The highest BCUT2D eigenvalue weighted by Crippen LogP contribution is 2.19. The summed E-state index contributed by atoms with van der Waals surface area (Å²) in [4.78, 5) is 17.0. The number of pyridine rings is 1. The van der Waals surface area contributed by atoms with E-state index in [1.807, 2.05) is 12.1 Å². The number of nitrogens with one attached hydrogen (secondary N) is 1. The fourth-order valence-electron chi connectivity index (χ4n) is 1.83. The van der Waals surface area contributed by atoms with Crippen molar-refractivity contribution >= 4 is 17.7 Å². The zero-order valence-electron chi connectivity index (χ0n) is 10.8. The number of benzene rings is 1. The molecule has 0 fully saturated rings. The summed E-state index contributed by atoms with van der Waals surface area (Å²) in [5.74, 6) is -0.0518. The molecule has 0 unspecified atom stereocenters. The van der Waals surface area contributed by atoms with Crippen molar-refractivity contribution in [2.24, 2.45) is 0 Å². The highest BCUT2D eigenvalue weighted by molar-refractivity contribution is 7.98. The van der Waals surface area contributed by atoms with Crippen molar-refractivity contribution in [1.29, 1.82) is 0 Å². The Kier molecular flexibility index (Phi) is 4.98. The number of aromatic nitrogens is 1. The maximum atomic E-state index is 11.8. The molecule has 0 atom stereocenters. The Bertz CT molecular complexity index is 543. The average molecular weight is 272 g/mol. The van der Waals surface area contributed by atoms with Gasteiger partial charge in [0.25, 0.3) is 5.91 Å². The van der Waals surface area contributed by atoms with Crippen LogP contribution in [0.2, 0.25) is 0 Å². The van der Waals surface area contributed by atoms with Gasteiger partial charge in [-0.15, -0.1) is 11.8 Å². The molecule has 0 aliphatic rings. The molecule has 4 heteroatoms. The van der Waals surface area contributed by atoms with Crippen LogP contribution >= 0.6 is 11.8 Å². The molecular formula is C15H16N2OS. The van der Waals surface area contributed by atoms with Crippen LogP contribution in [0.5, 0.6) is 0 Å². The molecule has 0 bridgehead atoms. The van der Waals surface area contributed by atoms with Gasteiger partial charge in [-0.2, -0.15) is 0 Å². The van der Waals surface area contributed by atoms with Crippen LogP contribution in [0.3, 0.4) is 0 Å². The molecule has 1 aromatic heterocycles. The van der Waals surface area contributed by atoms with Crippen molar-refractivity contribution in [3.05, 3.63) is 59.9 Å². The number of thioether (sulfide) groups is 1. The van der Waals surface area contributed by atoms with Gasteiger partial charge in [0.05, 0.1) is 0 Å². The second-order valence-corrected chi connectivity index (χ2v) is 4.90. The van der Waals surface area contributed by atoms with E-state index in [1.165, 1.54) is 10.5 Å². The summed E-state index contributed by atoms with van der Waals surface area (Å²) in [5, 5.41) is 2.92.